The molecule has 2 fully saturated rings. The van der Waals surface area contributed by atoms with Gasteiger partial charge in [-0.25, -0.2) is 35.9 Å². The lowest BCUT2D eigenvalue weighted by molar-refractivity contribution is 0.0516. The summed E-state index contributed by atoms with van der Waals surface area (Å²) in [7, 11) is -7.48. The Balaban J connectivity index is 0.565. The van der Waals surface area contributed by atoms with Crippen molar-refractivity contribution in [3.63, 3.8) is 0 Å². The molecule has 2 aliphatic heterocycles. The van der Waals surface area contributed by atoms with Crippen molar-refractivity contribution in [3.8, 4) is 11.5 Å². The number of urea groups is 2. The third-order valence-corrected chi connectivity index (χ3v) is 17.8. The maximum atomic E-state index is 13.0. The molecule has 4 aromatic carbocycles. The van der Waals surface area contributed by atoms with Gasteiger partial charge in [0.1, 0.15) is 23.7 Å². The quantitative estimate of drug-likeness (QED) is 0.0326. The van der Waals surface area contributed by atoms with E-state index in [1.165, 1.54) is 60.8 Å². The highest BCUT2D eigenvalue weighted by atomic mass is 32.2. The van der Waals surface area contributed by atoms with E-state index in [-0.39, 0.29) is 112 Å². The summed E-state index contributed by atoms with van der Waals surface area (Å²) in [6.45, 7) is 7.94. The molecule has 0 spiro atoms. The Labute approximate surface area is 472 Å². The fourth-order valence-electron chi connectivity index (χ4n) is 10.7. The van der Waals surface area contributed by atoms with Gasteiger partial charge in [-0.1, -0.05) is 61.4 Å². The first-order valence-corrected chi connectivity index (χ1v) is 31.5. The number of carbonyl (C=O) groups excluding carboxylic acids is 2. The minimum atomic E-state index is -3.74. The number of benzene rings is 4. The summed E-state index contributed by atoms with van der Waals surface area (Å²) in [6, 6.07) is 29.9. The zero-order chi connectivity index (χ0) is 55.8. The average Bonchev–Trinajstić information content (AvgIpc) is 4.14. The van der Waals surface area contributed by atoms with Crippen molar-refractivity contribution in [2.24, 2.45) is 0 Å². The Hall–Kier alpha value is -5.40. The number of hydrogen-bond donors (Lipinski definition) is 6. The zero-order valence-electron chi connectivity index (χ0n) is 46.0. The van der Waals surface area contributed by atoms with Crippen LogP contribution in [0.2, 0.25) is 0 Å². The summed E-state index contributed by atoms with van der Waals surface area (Å²) in [4.78, 5) is 29.6. The minimum absolute atomic E-state index is 0.0990. The third kappa shape index (κ3) is 18.6. The molecule has 4 aromatic rings. The first-order valence-electron chi connectivity index (χ1n) is 28.5. The number of rotatable bonds is 33. The number of piperidine rings is 2. The predicted molar refractivity (Wildman–Crippen MR) is 304 cm³/mol. The number of hydrogen-bond acceptors (Lipinski definition) is 14. The molecule has 4 atom stereocenters. The molecule has 8 rings (SSSR count). The first kappa shape index (κ1) is 60.7. The number of amides is 4. The number of nitrogens with zero attached hydrogens (tertiary/aromatic N) is 2. The van der Waals surface area contributed by atoms with Crippen LogP contribution in [0.25, 0.3) is 0 Å². The average molecular weight is 1150 g/mol. The van der Waals surface area contributed by atoms with Gasteiger partial charge in [-0.15, -0.1) is 0 Å². The minimum Gasteiger partial charge on any atom is -0.484 e. The van der Waals surface area contributed by atoms with Crippen molar-refractivity contribution in [1.29, 1.82) is 0 Å². The van der Waals surface area contributed by atoms with Crippen LogP contribution in [0.15, 0.2) is 107 Å². The van der Waals surface area contributed by atoms with Crippen LogP contribution in [-0.4, -0.2) is 169 Å². The fourth-order valence-corrected chi connectivity index (χ4v) is 12.8. The Morgan fingerprint density at radius 1 is 0.425 bits per heavy atom. The van der Waals surface area contributed by atoms with Gasteiger partial charge < -0.3 is 49.7 Å². The Morgan fingerprint density at radius 2 is 0.775 bits per heavy atom. The van der Waals surface area contributed by atoms with E-state index in [1.807, 2.05) is 12.1 Å². The Bertz CT molecular complexity index is 2560. The molecule has 2 saturated heterocycles. The van der Waals surface area contributed by atoms with Crippen molar-refractivity contribution in [2.75, 3.05) is 118 Å². The van der Waals surface area contributed by atoms with Gasteiger partial charge in [0.25, 0.3) is 0 Å². The molecule has 0 bridgehead atoms. The monoisotopic (exact) mass is 1150 g/mol. The number of fused-ring (bicyclic) bond motifs is 2. The lowest BCUT2D eigenvalue weighted by Gasteiger charge is -2.35. The maximum absolute atomic E-state index is 13.0. The molecule has 6 N–H and O–H groups in total. The van der Waals surface area contributed by atoms with E-state index in [4.69, 9.17) is 28.4 Å². The largest absolute Gasteiger partial charge is 0.484 e. The van der Waals surface area contributed by atoms with E-state index in [9.17, 15) is 26.4 Å². The Kier molecular flexibility index (Phi) is 24.1. The molecule has 0 radical (unpaired) electrons. The molecular formula is C58H82N8O12S2. The highest BCUT2D eigenvalue weighted by Crippen LogP contribution is 2.40. The Morgan fingerprint density at radius 3 is 1.16 bits per heavy atom. The normalized spacial score (nSPS) is 19.4. The second kappa shape index (κ2) is 31.7. The molecule has 80 heavy (non-hydrogen) atoms. The molecule has 22 heteroatoms. The molecule has 0 unspecified atom stereocenters. The fraction of sp³-hybridized carbons (Fsp3) is 0.552. The van der Waals surface area contributed by atoms with Crippen LogP contribution in [0.5, 0.6) is 11.5 Å². The van der Waals surface area contributed by atoms with E-state index in [0.717, 1.165) is 39.0 Å². The number of ether oxygens (including phenoxy) is 6. The molecule has 4 amide bonds. The SMILES string of the molecule is O=C(NCCCCNC(=O)NCCOCCOCCNS(=O)(=O)c1ccc(O[C@@H]2c3ccccc3C[C@H]2N2CCCCC2)cc1)NCCOCCOCCNS(=O)(=O)c1ccc(O[C@@H]2c3ccccc3C[C@H]2N2CCCCC2)cc1. The molecule has 20 nitrogen and oxygen atoms in total. The standard InChI is InChI=1S/C58H82N8O12S2/c67-57(61-27-35-73-39-41-75-37-29-63-79(69,70)49-21-17-47(18-22-49)77-55-51-15-5-3-13-45(51)43-53(55)65-31-9-1-10-32-65)59-25-7-8-26-60-58(68)62-28-36-74-40-42-76-38-30-64-80(71,72)50-23-19-48(20-24-50)78-56-52-16-6-4-14-46(52)44-54(56)66-33-11-2-12-34-66/h3-6,13-24,53-56,63-64H,1-2,7-12,25-44H2,(H2,59,61,67)(H2,60,62,68)/t53-,54-,55-,56-/m1/s1. The van der Waals surface area contributed by atoms with E-state index < -0.39 is 20.0 Å². The third-order valence-electron chi connectivity index (χ3n) is 14.9. The summed E-state index contributed by atoms with van der Waals surface area (Å²) in [6.07, 6.45) is 10.3. The van der Waals surface area contributed by atoms with Crippen molar-refractivity contribution >= 4 is 32.1 Å². The number of unbranched alkanes of at least 4 members (excludes halogenated alkanes) is 1. The van der Waals surface area contributed by atoms with Crippen LogP contribution in [0.1, 0.15) is 85.8 Å². The lowest BCUT2D eigenvalue weighted by Crippen LogP contribution is -2.43. The molecule has 4 aliphatic rings. The summed E-state index contributed by atoms with van der Waals surface area (Å²) in [5.41, 5.74) is 5.02. The molecular weight excluding hydrogens is 1060 g/mol. The van der Waals surface area contributed by atoms with Crippen LogP contribution >= 0.6 is 0 Å². The van der Waals surface area contributed by atoms with Gasteiger partial charge >= 0.3 is 12.1 Å². The van der Waals surface area contributed by atoms with Crippen molar-refractivity contribution in [2.45, 2.75) is 98.3 Å². The van der Waals surface area contributed by atoms with E-state index in [0.29, 0.717) is 50.5 Å². The molecule has 0 aromatic heterocycles. The topological polar surface area (TPSA) is 236 Å². The number of likely N-dealkylation sites (tertiary alicyclic amines) is 2. The van der Waals surface area contributed by atoms with Gasteiger partial charge in [0.2, 0.25) is 20.0 Å². The second-order valence-corrected chi connectivity index (χ2v) is 24.0. The van der Waals surface area contributed by atoms with Crippen molar-refractivity contribution in [3.05, 3.63) is 119 Å². The highest BCUT2D eigenvalue weighted by Gasteiger charge is 2.40. The van der Waals surface area contributed by atoms with Crippen LogP contribution in [0.3, 0.4) is 0 Å². The van der Waals surface area contributed by atoms with Crippen molar-refractivity contribution < 1.29 is 54.8 Å². The number of carbonyl (C=O) groups is 2. The van der Waals surface area contributed by atoms with Gasteiger partial charge in [0.15, 0.2) is 0 Å². The zero-order valence-corrected chi connectivity index (χ0v) is 47.6. The van der Waals surface area contributed by atoms with E-state index in [2.05, 4.69) is 76.9 Å². The predicted octanol–water partition coefficient (Wildman–Crippen LogP) is 5.45. The van der Waals surface area contributed by atoms with Gasteiger partial charge in [-0.2, -0.15) is 0 Å². The summed E-state index contributed by atoms with van der Waals surface area (Å²) < 4.78 is 92.2. The van der Waals surface area contributed by atoms with E-state index >= 15 is 0 Å². The summed E-state index contributed by atoms with van der Waals surface area (Å²) in [5.74, 6) is 1.27. The summed E-state index contributed by atoms with van der Waals surface area (Å²) in [5, 5.41) is 11.0. The lowest BCUT2D eigenvalue weighted by atomic mass is 10.0. The van der Waals surface area contributed by atoms with Gasteiger partial charge in [0, 0.05) is 39.3 Å². The smallest absolute Gasteiger partial charge is 0.314 e. The second-order valence-electron chi connectivity index (χ2n) is 20.5. The molecule has 2 aliphatic carbocycles. The van der Waals surface area contributed by atoms with Crippen LogP contribution < -0.4 is 40.2 Å². The van der Waals surface area contributed by atoms with E-state index in [1.54, 1.807) is 48.5 Å². The van der Waals surface area contributed by atoms with Crippen molar-refractivity contribution in [1.82, 2.24) is 40.5 Å². The highest BCUT2D eigenvalue weighted by molar-refractivity contribution is 7.89. The van der Waals surface area contributed by atoms with Crippen LogP contribution in [0, 0.1) is 0 Å². The van der Waals surface area contributed by atoms with Gasteiger partial charge in [-0.3, -0.25) is 9.80 Å². The first-order chi connectivity index (χ1) is 39.0. The maximum Gasteiger partial charge on any atom is 0.314 e. The molecule has 0 saturated carbocycles. The van der Waals surface area contributed by atoms with Crippen LogP contribution in [-0.2, 0) is 51.8 Å². The summed E-state index contributed by atoms with van der Waals surface area (Å²) >= 11 is 0. The molecule has 2 heterocycles. The van der Waals surface area contributed by atoms with Crippen LogP contribution in [0.4, 0.5) is 9.59 Å². The number of nitrogens with one attached hydrogen (secondary N) is 6. The van der Waals surface area contributed by atoms with Gasteiger partial charge in [0.05, 0.1) is 74.7 Å². The number of sulfonamides is 2. The van der Waals surface area contributed by atoms with Gasteiger partial charge in [-0.05, 0) is 148 Å². The molecule has 438 valence electrons.